The maximum Gasteiger partial charge on any atom is 0.291 e. The van der Waals surface area contributed by atoms with Gasteiger partial charge in [-0.2, -0.15) is 4.31 Å². The second kappa shape index (κ2) is 9.30. The minimum absolute atomic E-state index is 0.0506. The Balaban J connectivity index is 1.36. The maximum absolute atomic E-state index is 14.5. The predicted octanol–water partition coefficient (Wildman–Crippen LogP) is 3.83. The molecule has 0 aliphatic carbocycles. The number of amides is 1. The fraction of sp³-hybridized carbons (Fsp3) is 0.435. The number of halogens is 1. The van der Waals surface area contributed by atoms with Gasteiger partial charge < -0.3 is 14.3 Å². The summed E-state index contributed by atoms with van der Waals surface area (Å²) in [5.41, 5.74) is 0.579. The molecule has 11 heteroatoms. The lowest BCUT2D eigenvalue weighted by Gasteiger charge is -2.24. The maximum atomic E-state index is 14.5. The van der Waals surface area contributed by atoms with Crippen molar-refractivity contribution in [2.45, 2.75) is 56.6 Å². The van der Waals surface area contributed by atoms with Crippen LogP contribution < -0.4 is 5.32 Å². The monoisotopic (exact) mass is 487 g/mol. The van der Waals surface area contributed by atoms with Gasteiger partial charge in [0.25, 0.3) is 15.9 Å². The Morgan fingerprint density at radius 2 is 1.74 bits per heavy atom. The van der Waals surface area contributed by atoms with Crippen molar-refractivity contribution in [1.29, 1.82) is 0 Å². The summed E-state index contributed by atoms with van der Waals surface area (Å²) in [7, 11) is -3.81. The van der Waals surface area contributed by atoms with Crippen LogP contribution in [0.4, 0.5) is 10.1 Å². The highest BCUT2D eigenvalue weighted by Gasteiger charge is 2.30. The van der Waals surface area contributed by atoms with Crippen LogP contribution in [0.1, 0.15) is 54.9 Å². The van der Waals surface area contributed by atoms with Crippen molar-refractivity contribution in [3.05, 3.63) is 47.7 Å². The molecule has 0 spiro atoms. The molecule has 5 rings (SSSR count). The van der Waals surface area contributed by atoms with Gasteiger partial charge in [0.15, 0.2) is 11.6 Å². The molecule has 9 nitrogen and oxygen atoms in total. The van der Waals surface area contributed by atoms with Crippen LogP contribution in [-0.4, -0.2) is 46.5 Å². The molecule has 1 amide bonds. The molecular weight excluding hydrogens is 461 g/mol. The smallest absolute Gasteiger partial charge is 0.291 e. The molecule has 4 heterocycles. The van der Waals surface area contributed by atoms with Crippen molar-refractivity contribution < 1.29 is 22.0 Å². The van der Waals surface area contributed by atoms with Crippen LogP contribution in [0.25, 0.3) is 11.4 Å². The van der Waals surface area contributed by atoms with E-state index in [2.05, 4.69) is 15.5 Å². The number of fused-ring (bicyclic) bond motifs is 1. The molecule has 1 N–H and O–H groups in total. The largest absolute Gasteiger partial charge is 0.438 e. The van der Waals surface area contributed by atoms with Gasteiger partial charge in [0.1, 0.15) is 11.6 Å². The van der Waals surface area contributed by atoms with E-state index in [9.17, 15) is 17.6 Å². The van der Waals surface area contributed by atoms with Crippen LogP contribution in [0, 0.1) is 5.82 Å². The molecule has 0 bridgehead atoms. The average Bonchev–Trinajstić information content (AvgIpc) is 3.44. The van der Waals surface area contributed by atoms with Crippen molar-refractivity contribution >= 4 is 21.6 Å². The Hall–Kier alpha value is -3.05. The van der Waals surface area contributed by atoms with Gasteiger partial charge in [0.05, 0.1) is 5.69 Å². The van der Waals surface area contributed by atoms with Crippen molar-refractivity contribution in [3.8, 4) is 11.4 Å². The summed E-state index contributed by atoms with van der Waals surface area (Å²) >= 11 is 0. The zero-order chi connectivity index (χ0) is 23.7. The first-order valence-electron chi connectivity index (χ1n) is 11.6. The van der Waals surface area contributed by atoms with Gasteiger partial charge in [0.2, 0.25) is 5.09 Å². The highest BCUT2D eigenvalue weighted by atomic mass is 32.2. The number of rotatable bonds is 5. The number of aromatic nitrogens is 3. The van der Waals surface area contributed by atoms with Crippen molar-refractivity contribution in [2.24, 2.45) is 0 Å². The Labute approximate surface area is 197 Å². The third-order valence-electron chi connectivity index (χ3n) is 6.30. The number of hydrogen-bond acceptors (Lipinski definition) is 6. The van der Waals surface area contributed by atoms with Gasteiger partial charge in [-0.1, -0.05) is 12.8 Å². The van der Waals surface area contributed by atoms with E-state index in [-0.39, 0.29) is 16.5 Å². The van der Waals surface area contributed by atoms with Gasteiger partial charge in [-0.3, -0.25) is 4.79 Å². The fourth-order valence-corrected chi connectivity index (χ4v) is 5.88. The Morgan fingerprint density at radius 1 is 0.971 bits per heavy atom. The number of carbonyl (C=O) groups excluding carboxylic acids is 1. The molecule has 2 aliphatic rings. The van der Waals surface area contributed by atoms with E-state index in [0.29, 0.717) is 24.5 Å². The number of sulfonamides is 1. The predicted molar refractivity (Wildman–Crippen MR) is 122 cm³/mol. The van der Waals surface area contributed by atoms with E-state index in [4.69, 9.17) is 4.42 Å². The van der Waals surface area contributed by atoms with Gasteiger partial charge in [-0.15, -0.1) is 10.2 Å². The molecule has 0 radical (unpaired) electrons. The third kappa shape index (κ3) is 4.37. The number of benzene rings is 1. The quantitative estimate of drug-likeness (QED) is 0.586. The first kappa shape index (κ1) is 22.7. The number of hydrogen-bond donors (Lipinski definition) is 1. The SMILES string of the molecule is O=C(Nc1cc(-c2nnc3n2CCCCC3)ccc1F)c1ccc(S(=O)(=O)N2CCCCC2)o1. The number of aryl methyl sites for hydroxylation is 1. The van der Waals surface area contributed by atoms with Crippen LogP contribution in [0.15, 0.2) is 39.8 Å². The summed E-state index contributed by atoms with van der Waals surface area (Å²) in [6.07, 6.45) is 6.60. The summed E-state index contributed by atoms with van der Waals surface area (Å²) in [5, 5.41) is 10.8. The van der Waals surface area contributed by atoms with E-state index < -0.39 is 21.7 Å². The number of anilines is 1. The summed E-state index contributed by atoms with van der Waals surface area (Å²) in [5.74, 6) is -0.0471. The zero-order valence-electron chi connectivity index (χ0n) is 18.7. The molecule has 3 aromatic rings. The highest BCUT2D eigenvalue weighted by Crippen LogP contribution is 2.28. The molecule has 1 fully saturated rings. The van der Waals surface area contributed by atoms with Crippen molar-refractivity contribution in [2.75, 3.05) is 18.4 Å². The van der Waals surface area contributed by atoms with Crippen LogP contribution in [0.3, 0.4) is 0 Å². The molecule has 1 aromatic carbocycles. The Kier molecular flexibility index (Phi) is 6.22. The zero-order valence-corrected chi connectivity index (χ0v) is 19.5. The number of furan rings is 1. The van der Waals surface area contributed by atoms with Gasteiger partial charge in [0, 0.05) is 31.6 Å². The first-order chi connectivity index (χ1) is 16.4. The van der Waals surface area contributed by atoms with E-state index in [1.54, 1.807) is 6.07 Å². The summed E-state index contributed by atoms with van der Waals surface area (Å²) in [6, 6.07) is 6.91. The van der Waals surface area contributed by atoms with Gasteiger partial charge in [-0.25, -0.2) is 12.8 Å². The molecule has 180 valence electrons. The third-order valence-corrected chi connectivity index (χ3v) is 8.07. The normalized spacial score (nSPS) is 17.2. The standard InChI is InChI=1S/C23H26FN5O4S/c24-17-9-8-16(22-27-26-20-7-3-1-6-14-29(20)22)15-18(17)25-23(30)19-10-11-21(33-19)34(31,32)28-12-4-2-5-13-28/h8-11,15H,1-7,12-14H2,(H,25,30). The summed E-state index contributed by atoms with van der Waals surface area (Å²) in [4.78, 5) is 12.7. The number of nitrogens with one attached hydrogen (secondary N) is 1. The lowest BCUT2D eigenvalue weighted by atomic mass is 10.1. The lowest BCUT2D eigenvalue weighted by Crippen LogP contribution is -2.35. The summed E-state index contributed by atoms with van der Waals surface area (Å²) in [6.45, 7) is 1.64. The lowest BCUT2D eigenvalue weighted by molar-refractivity contribution is 0.0991. The fourth-order valence-electron chi connectivity index (χ4n) is 4.46. The van der Waals surface area contributed by atoms with E-state index in [1.165, 1.54) is 28.6 Å². The average molecular weight is 488 g/mol. The number of carbonyl (C=O) groups is 1. The van der Waals surface area contributed by atoms with E-state index in [1.807, 2.05) is 4.57 Å². The summed E-state index contributed by atoms with van der Waals surface area (Å²) < 4.78 is 48.9. The Morgan fingerprint density at radius 3 is 2.56 bits per heavy atom. The number of piperidine rings is 1. The second-order valence-electron chi connectivity index (χ2n) is 8.63. The number of nitrogens with zero attached hydrogens (tertiary/aromatic N) is 4. The molecule has 2 aromatic heterocycles. The van der Waals surface area contributed by atoms with E-state index >= 15 is 0 Å². The van der Waals surface area contributed by atoms with Crippen LogP contribution in [0.5, 0.6) is 0 Å². The topological polar surface area (TPSA) is 110 Å². The minimum Gasteiger partial charge on any atom is -0.438 e. The first-order valence-corrected chi connectivity index (χ1v) is 13.0. The molecule has 0 unspecified atom stereocenters. The van der Waals surface area contributed by atoms with Gasteiger partial charge in [-0.05, 0) is 56.0 Å². The van der Waals surface area contributed by atoms with Crippen LogP contribution in [0.2, 0.25) is 0 Å². The van der Waals surface area contributed by atoms with Crippen molar-refractivity contribution in [1.82, 2.24) is 19.1 Å². The molecule has 0 saturated carbocycles. The van der Waals surface area contributed by atoms with Crippen LogP contribution in [-0.2, 0) is 23.0 Å². The minimum atomic E-state index is -3.81. The molecular formula is C23H26FN5O4S. The second-order valence-corrected chi connectivity index (χ2v) is 10.5. The van der Waals surface area contributed by atoms with E-state index in [0.717, 1.165) is 57.3 Å². The molecule has 2 aliphatic heterocycles. The molecule has 1 saturated heterocycles. The molecule has 0 atom stereocenters. The highest BCUT2D eigenvalue weighted by molar-refractivity contribution is 7.89. The molecule has 34 heavy (non-hydrogen) atoms. The van der Waals surface area contributed by atoms with Crippen molar-refractivity contribution in [3.63, 3.8) is 0 Å². The Bertz CT molecular complexity index is 1310. The van der Waals surface area contributed by atoms with Gasteiger partial charge >= 0.3 is 0 Å². The van der Waals surface area contributed by atoms with Crippen LogP contribution >= 0.6 is 0 Å².